The second-order valence-corrected chi connectivity index (χ2v) is 7.50. The van der Waals surface area contributed by atoms with Gasteiger partial charge in [-0.1, -0.05) is 0 Å². The van der Waals surface area contributed by atoms with E-state index in [2.05, 4.69) is 0 Å². The molecule has 0 atom stereocenters. The van der Waals surface area contributed by atoms with Gasteiger partial charge in [0, 0.05) is 17.8 Å². The summed E-state index contributed by atoms with van der Waals surface area (Å²) in [5, 5.41) is -2.05. The molecule has 0 bridgehead atoms. The van der Waals surface area contributed by atoms with Crippen molar-refractivity contribution in [3.63, 3.8) is 0 Å². The Morgan fingerprint density at radius 1 is 1.12 bits per heavy atom. The monoisotopic (exact) mass is 283 g/mol. The van der Waals surface area contributed by atoms with Crippen molar-refractivity contribution < 1.29 is 33.3 Å². The van der Waals surface area contributed by atoms with Gasteiger partial charge in [-0.2, -0.15) is 0 Å². The average molecular weight is 283 g/mol. The number of hydrogen-bond donors (Lipinski definition) is 5. The number of nitrogens with zero attached hydrogens (tertiary/aromatic N) is 1. The predicted octanol–water partition coefficient (Wildman–Crippen LogP) is -0.762. The largest absolute Gasteiger partial charge is 0.398 e. The van der Waals surface area contributed by atoms with Crippen LogP contribution in [0.5, 0.6) is 0 Å². The first kappa shape index (κ1) is 14.3. The van der Waals surface area contributed by atoms with Crippen LogP contribution in [0, 0.1) is 0 Å². The number of hydrogen-bond acceptors (Lipinski definition) is 3. The van der Waals surface area contributed by atoms with Crippen molar-refractivity contribution >= 4 is 20.9 Å². The standard InChI is InChI=1S/C7H12N2O6P2/c8-6-1-3-9(4-2-6)5-7(16(10,11)12)17(13,14)15/h1-4,7-8H,5H2,(H4,10,11,12,13,14,15)/p+1. The van der Waals surface area contributed by atoms with E-state index in [-0.39, 0.29) is 0 Å². The van der Waals surface area contributed by atoms with Crippen LogP contribution in [-0.2, 0) is 15.7 Å². The Bertz CT molecular complexity index is 456. The van der Waals surface area contributed by atoms with E-state index in [1.807, 2.05) is 0 Å². The van der Waals surface area contributed by atoms with Gasteiger partial charge in [-0.25, -0.2) is 4.57 Å². The topological polar surface area (TPSA) is 145 Å². The Labute approximate surface area is 97.0 Å². The van der Waals surface area contributed by atoms with Gasteiger partial charge < -0.3 is 25.3 Å². The van der Waals surface area contributed by atoms with Gasteiger partial charge in [-0.3, -0.25) is 9.13 Å². The first-order chi connectivity index (χ1) is 7.60. The molecule has 0 aliphatic rings. The third-order valence-corrected chi connectivity index (χ3v) is 5.75. The molecule has 0 unspecified atom stereocenters. The lowest BCUT2D eigenvalue weighted by Crippen LogP contribution is -2.39. The Kier molecular flexibility index (Phi) is 4.09. The van der Waals surface area contributed by atoms with E-state index in [1.165, 1.54) is 29.1 Å². The molecule has 0 saturated carbocycles. The summed E-state index contributed by atoms with van der Waals surface area (Å²) in [7, 11) is -9.78. The van der Waals surface area contributed by atoms with E-state index in [1.54, 1.807) is 0 Å². The van der Waals surface area contributed by atoms with Crippen molar-refractivity contribution in [2.75, 3.05) is 5.73 Å². The van der Waals surface area contributed by atoms with E-state index in [0.29, 0.717) is 5.69 Å². The minimum atomic E-state index is -4.89. The van der Waals surface area contributed by atoms with Gasteiger partial charge in [-0.15, -0.1) is 0 Å². The molecular weight excluding hydrogens is 270 g/mol. The molecule has 0 radical (unpaired) electrons. The highest BCUT2D eigenvalue weighted by Crippen LogP contribution is 2.59. The molecule has 0 aliphatic heterocycles. The normalized spacial score (nSPS) is 13.0. The zero-order chi connectivity index (χ0) is 13.3. The van der Waals surface area contributed by atoms with Gasteiger partial charge in [0.25, 0.3) is 0 Å². The predicted molar refractivity (Wildman–Crippen MR) is 58.9 cm³/mol. The summed E-state index contributed by atoms with van der Waals surface area (Å²) in [4.78, 5) is 35.6. The van der Waals surface area contributed by atoms with Gasteiger partial charge in [-0.05, 0) is 0 Å². The molecule has 0 spiro atoms. The number of pyridine rings is 1. The Hall–Kier alpha value is -0.750. The molecule has 0 amide bonds. The molecule has 17 heavy (non-hydrogen) atoms. The van der Waals surface area contributed by atoms with Crippen LogP contribution in [0.15, 0.2) is 24.5 Å². The molecular formula is C7H13N2O6P2+. The second-order valence-electron chi connectivity index (χ2n) is 3.49. The van der Waals surface area contributed by atoms with E-state index < -0.39 is 27.1 Å². The molecule has 10 heteroatoms. The molecule has 1 aromatic rings. The second kappa shape index (κ2) is 4.86. The Morgan fingerprint density at radius 3 is 1.88 bits per heavy atom. The number of rotatable bonds is 4. The maximum absolute atomic E-state index is 11.0. The number of anilines is 1. The molecule has 6 N–H and O–H groups in total. The van der Waals surface area contributed by atoms with Crippen molar-refractivity contribution in [3.8, 4) is 0 Å². The third kappa shape index (κ3) is 4.20. The smallest absolute Gasteiger partial charge is 0.347 e. The molecule has 0 fully saturated rings. The first-order valence-electron chi connectivity index (χ1n) is 4.46. The van der Waals surface area contributed by atoms with Crippen LogP contribution in [0.25, 0.3) is 0 Å². The Balaban J connectivity index is 3.00. The highest BCUT2D eigenvalue weighted by molar-refractivity contribution is 7.70. The van der Waals surface area contributed by atoms with Gasteiger partial charge in [0.2, 0.25) is 5.40 Å². The lowest BCUT2D eigenvalue weighted by atomic mass is 10.4. The summed E-state index contributed by atoms with van der Waals surface area (Å²) >= 11 is 0. The minimum absolute atomic E-state index is 0.435. The molecule has 1 aromatic heterocycles. The maximum atomic E-state index is 11.0. The van der Waals surface area contributed by atoms with Crippen molar-refractivity contribution in [1.82, 2.24) is 0 Å². The zero-order valence-corrected chi connectivity index (χ0v) is 10.4. The fourth-order valence-electron chi connectivity index (χ4n) is 1.19. The Morgan fingerprint density at radius 2 is 1.53 bits per heavy atom. The van der Waals surface area contributed by atoms with Gasteiger partial charge in [0.05, 0.1) is 0 Å². The van der Waals surface area contributed by atoms with Gasteiger partial charge >= 0.3 is 15.2 Å². The number of nitrogens with two attached hydrogens (primary N) is 1. The van der Waals surface area contributed by atoms with Crippen LogP contribution in [-0.4, -0.2) is 25.0 Å². The first-order valence-corrected chi connectivity index (χ1v) is 7.82. The van der Waals surface area contributed by atoms with Crippen molar-refractivity contribution in [2.45, 2.75) is 11.9 Å². The molecule has 0 saturated heterocycles. The van der Waals surface area contributed by atoms with E-state index in [4.69, 9.17) is 25.3 Å². The number of aromatic nitrogens is 1. The van der Waals surface area contributed by atoms with Crippen LogP contribution in [0.2, 0.25) is 0 Å². The highest BCUT2D eigenvalue weighted by Gasteiger charge is 2.46. The summed E-state index contributed by atoms with van der Waals surface area (Å²) in [6.07, 6.45) is 2.77. The highest BCUT2D eigenvalue weighted by atomic mass is 31.2. The maximum Gasteiger partial charge on any atom is 0.347 e. The molecule has 96 valence electrons. The molecule has 1 rings (SSSR count). The van der Waals surface area contributed by atoms with E-state index in [9.17, 15) is 9.13 Å². The molecule has 0 aromatic carbocycles. The number of nitrogen functional groups attached to an aromatic ring is 1. The summed E-state index contributed by atoms with van der Waals surface area (Å²) in [6.45, 7) is -0.491. The summed E-state index contributed by atoms with van der Waals surface area (Å²) in [5.41, 5.74) is 5.84. The lowest BCUT2D eigenvalue weighted by molar-refractivity contribution is -0.694. The van der Waals surface area contributed by atoms with E-state index in [0.717, 1.165) is 0 Å². The van der Waals surface area contributed by atoms with Crippen LogP contribution in [0.3, 0.4) is 0 Å². The fourth-order valence-corrected chi connectivity index (χ4v) is 3.56. The van der Waals surface area contributed by atoms with Crippen LogP contribution in [0.4, 0.5) is 5.69 Å². The third-order valence-electron chi connectivity index (χ3n) is 2.07. The van der Waals surface area contributed by atoms with E-state index >= 15 is 0 Å². The van der Waals surface area contributed by atoms with Crippen molar-refractivity contribution in [1.29, 1.82) is 0 Å². The molecule has 0 aliphatic carbocycles. The van der Waals surface area contributed by atoms with Crippen molar-refractivity contribution in [2.24, 2.45) is 0 Å². The summed E-state index contributed by atoms with van der Waals surface area (Å²) < 4.78 is 23.3. The zero-order valence-electron chi connectivity index (χ0n) is 8.62. The van der Waals surface area contributed by atoms with Crippen LogP contribution in [0.1, 0.15) is 0 Å². The minimum Gasteiger partial charge on any atom is -0.398 e. The average Bonchev–Trinajstić information content (AvgIpc) is 2.13. The van der Waals surface area contributed by atoms with Gasteiger partial charge in [0.15, 0.2) is 18.9 Å². The molecule has 8 nitrogen and oxygen atoms in total. The van der Waals surface area contributed by atoms with Gasteiger partial charge in [0.1, 0.15) is 0 Å². The quantitative estimate of drug-likeness (QED) is 0.360. The fraction of sp³-hybridized carbons (Fsp3) is 0.286. The summed E-state index contributed by atoms with van der Waals surface area (Å²) in [6, 6.07) is 2.91. The summed E-state index contributed by atoms with van der Waals surface area (Å²) in [5.74, 6) is 0. The van der Waals surface area contributed by atoms with Crippen LogP contribution >= 0.6 is 15.2 Å². The molecule has 1 heterocycles. The van der Waals surface area contributed by atoms with Crippen molar-refractivity contribution in [3.05, 3.63) is 24.5 Å². The van der Waals surface area contributed by atoms with Crippen LogP contribution < -0.4 is 10.3 Å². The lowest BCUT2D eigenvalue weighted by Gasteiger charge is -2.16. The SMILES string of the molecule is Nc1cc[n+](CC(P(=O)(O)O)P(=O)(O)O)cc1.